The zero-order valence-corrected chi connectivity index (χ0v) is 22.5. The smallest absolute Gasteiger partial charge is 0.338 e. The number of fused-ring (bicyclic) bond motifs is 1. The number of ether oxygens (including phenoxy) is 1. The molecule has 1 aromatic heterocycles. The van der Waals surface area contributed by atoms with Gasteiger partial charge < -0.3 is 9.30 Å². The van der Waals surface area contributed by atoms with E-state index < -0.39 is 27.5 Å². The highest BCUT2D eigenvalue weighted by Crippen LogP contribution is 2.24. The van der Waals surface area contributed by atoms with Gasteiger partial charge >= 0.3 is 5.97 Å². The summed E-state index contributed by atoms with van der Waals surface area (Å²) in [5, 5.41) is 2.83. The van der Waals surface area contributed by atoms with Gasteiger partial charge in [-0.25, -0.2) is 18.2 Å². The zero-order valence-electron chi connectivity index (χ0n) is 21.7. The van der Waals surface area contributed by atoms with Crippen molar-refractivity contribution >= 4 is 44.6 Å². The summed E-state index contributed by atoms with van der Waals surface area (Å²) in [7, 11) is -3.80. The average Bonchev–Trinajstić information content (AvgIpc) is 3.19. The first kappa shape index (κ1) is 26.9. The van der Waals surface area contributed by atoms with Crippen molar-refractivity contribution < 1.29 is 22.7 Å². The Morgan fingerprint density at radius 2 is 1.68 bits per heavy atom. The molecule has 2 N–H and O–H groups in total. The lowest BCUT2D eigenvalue weighted by atomic mass is 10.1. The van der Waals surface area contributed by atoms with E-state index in [4.69, 9.17) is 4.74 Å². The Labute approximate surface area is 221 Å². The number of esters is 1. The molecule has 0 aliphatic rings. The monoisotopic (exact) mass is 534 g/mol. The van der Waals surface area contributed by atoms with Crippen LogP contribution in [0.1, 0.15) is 54.8 Å². The molecule has 3 aromatic carbocycles. The van der Waals surface area contributed by atoms with Crippen LogP contribution in [0, 0.1) is 0 Å². The first-order valence-corrected chi connectivity index (χ1v) is 13.7. The molecule has 0 aliphatic carbocycles. The lowest BCUT2D eigenvalue weighted by Crippen LogP contribution is -2.23. The standard InChI is InChI=1S/C28H30N4O5S/c1-5-16-32-24-18-20(26(34)37-28(2,3)4)14-15-23(24)29-27(32)30-25(33)19-10-9-11-21(17-19)31-38(35,36)22-12-7-6-8-13-22/h6-15,17-18,31H,5,16H2,1-4H3,(H,29,30,33). The SMILES string of the molecule is CCCn1c(NC(=O)c2cccc(NS(=O)(=O)c3ccccc3)c2)nc2ccc(C(=O)OC(C)(C)C)cc21. The molecule has 1 amide bonds. The summed E-state index contributed by atoms with van der Waals surface area (Å²) in [5.74, 6) is -0.571. The summed E-state index contributed by atoms with van der Waals surface area (Å²) in [5.41, 5.74) is 1.58. The third-order valence-corrected chi connectivity index (χ3v) is 6.88. The number of amides is 1. The quantitative estimate of drug-likeness (QED) is 0.290. The third-order valence-electron chi connectivity index (χ3n) is 5.49. The fourth-order valence-electron chi connectivity index (χ4n) is 3.84. The van der Waals surface area contributed by atoms with Crippen LogP contribution >= 0.6 is 0 Å². The van der Waals surface area contributed by atoms with E-state index in [9.17, 15) is 18.0 Å². The highest BCUT2D eigenvalue weighted by Gasteiger charge is 2.21. The van der Waals surface area contributed by atoms with Crippen molar-refractivity contribution in [1.82, 2.24) is 9.55 Å². The van der Waals surface area contributed by atoms with Gasteiger partial charge in [-0.15, -0.1) is 0 Å². The van der Waals surface area contributed by atoms with Gasteiger partial charge in [0.1, 0.15) is 5.60 Å². The molecular formula is C28H30N4O5S. The minimum Gasteiger partial charge on any atom is -0.456 e. The summed E-state index contributed by atoms with van der Waals surface area (Å²) in [6.07, 6.45) is 0.766. The molecule has 0 saturated carbocycles. The molecular weight excluding hydrogens is 504 g/mol. The zero-order chi connectivity index (χ0) is 27.5. The summed E-state index contributed by atoms with van der Waals surface area (Å²) in [6.45, 7) is 7.97. The molecule has 0 bridgehead atoms. The second-order valence-electron chi connectivity index (χ2n) is 9.75. The number of nitrogens with zero attached hydrogens (tertiary/aromatic N) is 2. The Morgan fingerprint density at radius 1 is 0.947 bits per heavy atom. The van der Waals surface area contributed by atoms with Crippen LogP contribution in [0.3, 0.4) is 0 Å². The number of imidazole rings is 1. The maximum Gasteiger partial charge on any atom is 0.338 e. The van der Waals surface area contributed by atoms with E-state index >= 15 is 0 Å². The number of sulfonamides is 1. The van der Waals surface area contributed by atoms with Crippen LogP contribution in [-0.4, -0.2) is 35.4 Å². The van der Waals surface area contributed by atoms with Gasteiger partial charge in [0.15, 0.2) is 0 Å². The van der Waals surface area contributed by atoms with Crippen molar-refractivity contribution in [2.75, 3.05) is 10.0 Å². The number of anilines is 2. The molecule has 1 heterocycles. The molecule has 198 valence electrons. The number of benzene rings is 3. The Bertz CT molecular complexity index is 1590. The molecule has 4 rings (SSSR count). The Kier molecular flexibility index (Phi) is 7.54. The second kappa shape index (κ2) is 10.7. The number of carbonyl (C=O) groups excluding carboxylic acids is 2. The third kappa shape index (κ3) is 6.20. The lowest BCUT2D eigenvalue weighted by molar-refractivity contribution is 0.00695. The van der Waals surface area contributed by atoms with E-state index in [0.717, 1.165) is 6.42 Å². The van der Waals surface area contributed by atoms with Crippen LogP contribution in [0.25, 0.3) is 11.0 Å². The number of aromatic nitrogens is 2. The summed E-state index contributed by atoms with van der Waals surface area (Å²) < 4.78 is 35.2. The van der Waals surface area contributed by atoms with Crippen molar-refractivity contribution in [2.24, 2.45) is 0 Å². The number of nitrogens with one attached hydrogen (secondary N) is 2. The first-order valence-electron chi connectivity index (χ1n) is 12.2. The van der Waals surface area contributed by atoms with E-state index in [2.05, 4.69) is 15.0 Å². The minimum atomic E-state index is -3.80. The maximum absolute atomic E-state index is 13.2. The Morgan fingerprint density at radius 3 is 2.37 bits per heavy atom. The van der Waals surface area contributed by atoms with Crippen LogP contribution in [-0.2, 0) is 21.3 Å². The molecule has 0 radical (unpaired) electrons. The van der Waals surface area contributed by atoms with Crippen LogP contribution in [0.15, 0.2) is 77.7 Å². The molecule has 9 nitrogen and oxygen atoms in total. The predicted octanol–water partition coefficient (Wildman–Crippen LogP) is 5.45. The Balaban J connectivity index is 1.59. The number of aryl methyl sites for hydroxylation is 1. The van der Waals surface area contributed by atoms with Crippen LogP contribution in [0.2, 0.25) is 0 Å². The lowest BCUT2D eigenvalue weighted by Gasteiger charge is -2.19. The number of carbonyl (C=O) groups is 2. The van der Waals surface area contributed by atoms with E-state index in [1.165, 1.54) is 18.2 Å². The minimum absolute atomic E-state index is 0.119. The van der Waals surface area contributed by atoms with Gasteiger partial charge in [-0.1, -0.05) is 31.2 Å². The fourth-order valence-corrected chi connectivity index (χ4v) is 4.91. The molecule has 0 unspecified atom stereocenters. The van der Waals surface area contributed by atoms with Gasteiger partial charge in [-0.2, -0.15) is 0 Å². The molecule has 0 atom stereocenters. The predicted molar refractivity (Wildman–Crippen MR) is 147 cm³/mol. The number of hydrogen-bond acceptors (Lipinski definition) is 6. The van der Waals surface area contributed by atoms with E-state index in [1.54, 1.807) is 75.4 Å². The average molecular weight is 535 g/mol. The topological polar surface area (TPSA) is 119 Å². The number of hydrogen-bond donors (Lipinski definition) is 2. The van der Waals surface area contributed by atoms with Crippen LogP contribution in [0.4, 0.5) is 11.6 Å². The highest BCUT2D eigenvalue weighted by molar-refractivity contribution is 7.92. The van der Waals surface area contributed by atoms with Gasteiger partial charge in [0.05, 0.1) is 21.5 Å². The van der Waals surface area contributed by atoms with Crippen molar-refractivity contribution in [3.63, 3.8) is 0 Å². The van der Waals surface area contributed by atoms with Gasteiger partial charge in [-0.3, -0.25) is 14.8 Å². The second-order valence-corrected chi connectivity index (χ2v) is 11.4. The van der Waals surface area contributed by atoms with E-state index in [0.29, 0.717) is 29.1 Å². The van der Waals surface area contributed by atoms with Gasteiger partial charge in [0.2, 0.25) is 5.95 Å². The van der Waals surface area contributed by atoms with Crippen LogP contribution < -0.4 is 10.0 Å². The molecule has 10 heteroatoms. The number of rotatable bonds is 8. The van der Waals surface area contributed by atoms with Crippen LogP contribution in [0.5, 0.6) is 0 Å². The van der Waals surface area contributed by atoms with Crippen molar-refractivity contribution in [3.8, 4) is 0 Å². The normalized spacial score (nSPS) is 11.8. The summed E-state index contributed by atoms with van der Waals surface area (Å²) >= 11 is 0. The van der Waals surface area contributed by atoms with E-state index in [-0.39, 0.29) is 16.1 Å². The largest absolute Gasteiger partial charge is 0.456 e. The van der Waals surface area contributed by atoms with Gasteiger partial charge in [-0.05, 0) is 75.7 Å². The molecule has 4 aromatic rings. The summed E-state index contributed by atoms with van der Waals surface area (Å²) in [6, 6.07) is 19.3. The highest BCUT2D eigenvalue weighted by atomic mass is 32.2. The van der Waals surface area contributed by atoms with Crippen molar-refractivity contribution in [2.45, 2.75) is 51.2 Å². The molecule has 0 aliphatic heterocycles. The molecule has 0 fully saturated rings. The summed E-state index contributed by atoms with van der Waals surface area (Å²) in [4.78, 5) is 30.4. The Hall–Kier alpha value is -4.18. The molecule has 0 spiro atoms. The van der Waals surface area contributed by atoms with Crippen molar-refractivity contribution in [1.29, 1.82) is 0 Å². The van der Waals surface area contributed by atoms with Crippen molar-refractivity contribution in [3.05, 3.63) is 83.9 Å². The van der Waals surface area contributed by atoms with Gasteiger partial charge in [0, 0.05) is 17.8 Å². The molecule has 38 heavy (non-hydrogen) atoms. The molecule has 0 saturated heterocycles. The fraction of sp³-hybridized carbons (Fsp3) is 0.250. The maximum atomic E-state index is 13.2. The van der Waals surface area contributed by atoms with Gasteiger partial charge in [0.25, 0.3) is 15.9 Å². The van der Waals surface area contributed by atoms with E-state index in [1.807, 2.05) is 11.5 Å². The first-order chi connectivity index (χ1) is 18.0.